The number of hydrogen-bond donors (Lipinski definition) is 2. The smallest absolute Gasteiger partial charge is 0.234 e. The Bertz CT molecular complexity index is 513. The highest BCUT2D eigenvalue weighted by atomic mass is 32.2. The van der Waals surface area contributed by atoms with Crippen molar-refractivity contribution in [3.8, 4) is 0 Å². The minimum absolute atomic E-state index is 0.0512. The zero-order chi connectivity index (χ0) is 12.8. The lowest BCUT2D eigenvalue weighted by molar-refractivity contribution is -0.113. The van der Waals surface area contributed by atoms with Gasteiger partial charge in [-0.05, 0) is 24.1 Å². The minimum atomic E-state index is -0.0512. The van der Waals surface area contributed by atoms with Crippen molar-refractivity contribution in [3.05, 3.63) is 36.2 Å². The average Bonchev–Trinajstić information content (AvgIpc) is 2.90. The molecular formula is C12H14N4OS. The zero-order valence-electron chi connectivity index (χ0n) is 10.0. The van der Waals surface area contributed by atoms with Crippen molar-refractivity contribution in [1.82, 2.24) is 15.2 Å². The molecule has 5 nitrogen and oxygen atoms in total. The molecule has 0 saturated heterocycles. The van der Waals surface area contributed by atoms with Crippen LogP contribution in [0.4, 0.5) is 5.69 Å². The van der Waals surface area contributed by atoms with Crippen LogP contribution in [0.1, 0.15) is 12.5 Å². The molecule has 0 aliphatic carbocycles. The topological polar surface area (TPSA) is 70.7 Å². The lowest BCUT2D eigenvalue weighted by atomic mass is 10.1. The molecule has 2 rings (SSSR count). The molecule has 0 saturated carbocycles. The standard InChI is InChI=1S/C12H14N4OS/c1-2-9-4-3-5-10(6-9)15-11(17)7-18-12-13-8-14-16-12/h3-6,8H,2,7H2,1H3,(H,15,17)(H,13,14,16). The first-order valence-corrected chi connectivity index (χ1v) is 6.63. The van der Waals surface area contributed by atoms with Crippen LogP contribution < -0.4 is 5.32 Å². The Morgan fingerprint density at radius 2 is 2.39 bits per heavy atom. The largest absolute Gasteiger partial charge is 0.325 e. The van der Waals surface area contributed by atoms with Gasteiger partial charge in [0.1, 0.15) is 6.33 Å². The van der Waals surface area contributed by atoms with Gasteiger partial charge in [0.2, 0.25) is 5.91 Å². The van der Waals surface area contributed by atoms with E-state index in [1.54, 1.807) is 0 Å². The van der Waals surface area contributed by atoms with E-state index in [2.05, 4.69) is 27.4 Å². The fourth-order valence-corrected chi connectivity index (χ4v) is 2.04. The highest BCUT2D eigenvalue weighted by molar-refractivity contribution is 7.99. The van der Waals surface area contributed by atoms with Crippen LogP contribution in [0.15, 0.2) is 35.7 Å². The van der Waals surface area contributed by atoms with Gasteiger partial charge in [-0.25, -0.2) is 4.98 Å². The first-order valence-electron chi connectivity index (χ1n) is 5.65. The van der Waals surface area contributed by atoms with Gasteiger partial charge in [-0.15, -0.1) is 0 Å². The van der Waals surface area contributed by atoms with Crippen LogP contribution in [-0.2, 0) is 11.2 Å². The lowest BCUT2D eigenvalue weighted by Gasteiger charge is -2.05. The summed E-state index contributed by atoms with van der Waals surface area (Å²) in [6.07, 6.45) is 2.38. The number of H-pyrrole nitrogens is 1. The van der Waals surface area contributed by atoms with Gasteiger partial charge in [0.15, 0.2) is 5.16 Å². The lowest BCUT2D eigenvalue weighted by Crippen LogP contribution is -2.14. The fourth-order valence-electron chi connectivity index (χ4n) is 1.46. The van der Waals surface area contributed by atoms with Crippen LogP contribution in [0.5, 0.6) is 0 Å². The van der Waals surface area contributed by atoms with Gasteiger partial charge in [0.05, 0.1) is 5.75 Å². The molecule has 0 unspecified atom stereocenters. The average molecular weight is 262 g/mol. The predicted molar refractivity (Wildman–Crippen MR) is 71.6 cm³/mol. The normalized spacial score (nSPS) is 10.3. The highest BCUT2D eigenvalue weighted by Crippen LogP contribution is 2.14. The number of aryl methyl sites for hydroxylation is 1. The number of rotatable bonds is 5. The van der Waals surface area contributed by atoms with Crippen molar-refractivity contribution in [2.75, 3.05) is 11.1 Å². The van der Waals surface area contributed by atoms with Gasteiger partial charge in [0.25, 0.3) is 0 Å². The Balaban J connectivity index is 1.86. The molecule has 1 amide bonds. The number of aromatic nitrogens is 3. The van der Waals surface area contributed by atoms with E-state index in [0.29, 0.717) is 10.9 Å². The zero-order valence-corrected chi connectivity index (χ0v) is 10.8. The van der Waals surface area contributed by atoms with Gasteiger partial charge < -0.3 is 5.32 Å². The van der Waals surface area contributed by atoms with E-state index in [1.807, 2.05) is 24.3 Å². The van der Waals surface area contributed by atoms with Gasteiger partial charge in [-0.1, -0.05) is 30.8 Å². The Kier molecular flexibility index (Phi) is 4.35. The van der Waals surface area contributed by atoms with E-state index in [-0.39, 0.29) is 5.91 Å². The summed E-state index contributed by atoms with van der Waals surface area (Å²) in [4.78, 5) is 15.7. The summed E-state index contributed by atoms with van der Waals surface area (Å²) >= 11 is 1.32. The molecule has 0 aliphatic heterocycles. The Labute approximate surface area is 109 Å². The highest BCUT2D eigenvalue weighted by Gasteiger charge is 2.05. The molecule has 1 heterocycles. The molecule has 1 aromatic carbocycles. The summed E-state index contributed by atoms with van der Waals surface area (Å²) in [6.45, 7) is 2.08. The van der Waals surface area contributed by atoms with E-state index < -0.39 is 0 Å². The Hall–Kier alpha value is -1.82. The summed E-state index contributed by atoms with van der Waals surface area (Å²) in [5.74, 6) is 0.260. The van der Waals surface area contributed by atoms with Crippen molar-refractivity contribution in [2.45, 2.75) is 18.5 Å². The molecule has 1 aromatic heterocycles. The molecule has 0 radical (unpaired) electrons. The van der Waals surface area contributed by atoms with Crippen molar-refractivity contribution in [3.63, 3.8) is 0 Å². The van der Waals surface area contributed by atoms with Crippen LogP contribution in [0.3, 0.4) is 0 Å². The molecule has 0 bridgehead atoms. The second-order valence-corrected chi connectivity index (χ2v) is 4.65. The first kappa shape index (κ1) is 12.6. The third kappa shape index (κ3) is 3.59. The van der Waals surface area contributed by atoms with E-state index in [0.717, 1.165) is 12.1 Å². The van der Waals surface area contributed by atoms with Gasteiger partial charge in [-0.3, -0.25) is 9.89 Å². The maximum absolute atomic E-state index is 11.7. The summed E-state index contributed by atoms with van der Waals surface area (Å²) in [5.41, 5.74) is 2.04. The summed E-state index contributed by atoms with van der Waals surface area (Å²) in [5, 5.41) is 9.92. The van der Waals surface area contributed by atoms with E-state index in [9.17, 15) is 4.79 Å². The van der Waals surface area contributed by atoms with E-state index in [1.165, 1.54) is 23.7 Å². The van der Waals surface area contributed by atoms with Crippen LogP contribution in [0.25, 0.3) is 0 Å². The third-order valence-electron chi connectivity index (χ3n) is 2.35. The van der Waals surface area contributed by atoms with Crippen molar-refractivity contribution in [1.29, 1.82) is 0 Å². The van der Waals surface area contributed by atoms with E-state index >= 15 is 0 Å². The molecule has 0 fully saturated rings. The second-order valence-electron chi connectivity index (χ2n) is 3.68. The van der Waals surface area contributed by atoms with Crippen LogP contribution >= 0.6 is 11.8 Å². The number of anilines is 1. The Morgan fingerprint density at radius 1 is 1.50 bits per heavy atom. The molecule has 94 valence electrons. The number of aromatic amines is 1. The molecule has 6 heteroatoms. The minimum Gasteiger partial charge on any atom is -0.325 e. The second kappa shape index (κ2) is 6.20. The van der Waals surface area contributed by atoms with Crippen LogP contribution in [0, 0.1) is 0 Å². The maximum Gasteiger partial charge on any atom is 0.234 e. The predicted octanol–water partition coefficient (Wildman–Crippen LogP) is 2.10. The molecule has 0 atom stereocenters. The number of nitrogens with one attached hydrogen (secondary N) is 2. The number of nitrogens with zero attached hydrogens (tertiary/aromatic N) is 2. The van der Waals surface area contributed by atoms with Gasteiger partial charge in [0, 0.05) is 5.69 Å². The van der Waals surface area contributed by atoms with Crippen LogP contribution in [-0.4, -0.2) is 26.8 Å². The monoisotopic (exact) mass is 262 g/mol. The molecule has 0 spiro atoms. The number of carbonyl (C=O) groups is 1. The Morgan fingerprint density at radius 3 is 3.11 bits per heavy atom. The van der Waals surface area contributed by atoms with Gasteiger partial charge >= 0.3 is 0 Å². The number of thioether (sulfide) groups is 1. The van der Waals surface area contributed by atoms with E-state index in [4.69, 9.17) is 0 Å². The molecule has 18 heavy (non-hydrogen) atoms. The summed E-state index contributed by atoms with van der Waals surface area (Å²) in [6, 6.07) is 7.85. The number of carbonyl (C=O) groups excluding carboxylic acids is 1. The molecule has 2 aromatic rings. The molecule has 2 N–H and O–H groups in total. The van der Waals surface area contributed by atoms with Crippen LogP contribution in [0.2, 0.25) is 0 Å². The van der Waals surface area contributed by atoms with Crippen molar-refractivity contribution >= 4 is 23.4 Å². The number of benzene rings is 1. The quantitative estimate of drug-likeness (QED) is 0.809. The number of amides is 1. The maximum atomic E-state index is 11.7. The third-order valence-corrected chi connectivity index (χ3v) is 3.23. The SMILES string of the molecule is CCc1cccc(NC(=O)CSc2ncn[nH]2)c1. The first-order chi connectivity index (χ1) is 8.78. The van der Waals surface area contributed by atoms with Crippen molar-refractivity contribution < 1.29 is 4.79 Å². The fraction of sp³-hybridized carbons (Fsp3) is 0.250. The summed E-state index contributed by atoms with van der Waals surface area (Å²) in [7, 11) is 0. The summed E-state index contributed by atoms with van der Waals surface area (Å²) < 4.78 is 0. The van der Waals surface area contributed by atoms with Gasteiger partial charge in [-0.2, -0.15) is 5.10 Å². The molecular weight excluding hydrogens is 248 g/mol. The number of hydrogen-bond acceptors (Lipinski definition) is 4. The molecule has 0 aliphatic rings. The van der Waals surface area contributed by atoms with Crippen molar-refractivity contribution in [2.24, 2.45) is 0 Å².